The molecule has 0 aliphatic carbocycles. The van der Waals surface area contributed by atoms with Crippen molar-refractivity contribution in [2.75, 3.05) is 6.54 Å². The van der Waals surface area contributed by atoms with Crippen LogP contribution in [0.2, 0.25) is 0 Å². The van der Waals surface area contributed by atoms with E-state index >= 15 is 0 Å². The average molecular weight is 282 g/mol. The van der Waals surface area contributed by atoms with E-state index in [0.29, 0.717) is 19.0 Å². The average Bonchev–Trinajstić information content (AvgIpc) is 2.86. The number of nitrogens with one attached hydrogen (secondary N) is 2. The molecule has 0 fully saturated rings. The lowest BCUT2D eigenvalue weighted by Gasteiger charge is -2.07. The van der Waals surface area contributed by atoms with Gasteiger partial charge in [0.1, 0.15) is 0 Å². The van der Waals surface area contributed by atoms with Gasteiger partial charge in [0.15, 0.2) is 0 Å². The van der Waals surface area contributed by atoms with E-state index in [0.717, 1.165) is 11.3 Å². The summed E-state index contributed by atoms with van der Waals surface area (Å²) in [6, 6.07) is 3.93. The first-order chi connectivity index (χ1) is 9.08. The van der Waals surface area contributed by atoms with Crippen LogP contribution in [0.25, 0.3) is 0 Å². The minimum Gasteiger partial charge on any atom is -0.356 e. The van der Waals surface area contributed by atoms with Crippen LogP contribution < -0.4 is 10.6 Å². The van der Waals surface area contributed by atoms with Crippen LogP contribution in [0.5, 0.6) is 0 Å². The summed E-state index contributed by atoms with van der Waals surface area (Å²) in [6.07, 6.45) is 1.48. The maximum absolute atomic E-state index is 11.5. The van der Waals surface area contributed by atoms with Crippen molar-refractivity contribution in [2.45, 2.75) is 39.7 Å². The minimum atomic E-state index is -0.0765. The topological polar surface area (TPSA) is 58.2 Å². The van der Waals surface area contributed by atoms with Crippen LogP contribution in [0, 0.1) is 5.92 Å². The van der Waals surface area contributed by atoms with E-state index in [4.69, 9.17) is 0 Å². The van der Waals surface area contributed by atoms with Crippen molar-refractivity contribution in [1.29, 1.82) is 0 Å². The van der Waals surface area contributed by atoms with Gasteiger partial charge in [-0.15, -0.1) is 11.3 Å². The molecule has 0 unspecified atom stereocenters. The van der Waals surface area contributed by atoms with E-state index < -0.39 is 0 Å². The Labute approximate surface area is 118 Å². The number of rotatable bonds is 8. The third kappa shape index (κ3) is 7.62. The van der Waals surface area contributed by atoms with Gasteiger partial charge in [0.05, 0.1) is 6.54 Å². The van der Waals surface area contributed by atoms with Gasteiger partial charge in [0.25, 0.3) is 0 Å². The lowest BCUT2D eigenvalue weighted by molar-refractivity contribution is -0.126. The summed E-state index contributed by atoms with van der Waals surface area (Å²) < 4.78 is 0. The number of hydrogen-bond acceptors (Lipinski definition) is 3. The number of thiophene rings is 1. The van der Waals surface area contributed by atoms with Gasteiger partial charge in [-0.3, -0.25) is 9.59 Å². The molecule has 2 amide bonds. The van der Waals surface area contributed by atoms with Crippen LogP contribution in [0.15, 0.2) is 17.5 Å². The van der Waals surface area contributed by atoms with Crippen LogP contribution in [-0.2, 0) is 16.1 Å². The molecule has 0 aromatic carbocycles. The lowest BCUT2D eigenvalue weighted by Crippen LogP contribution is -2.28. The lowest BCUT2D eigenvalue weighted by atomic mass is 10.1. The van der Waals surface area contributed by atoms with Crippen molar-refractivity contribution < 1.29 is 9.59 Å². The fraction of sp³-hybridized carbons (Fsp3) is 0.571. The predicted molar refractivity (Wildman–Crippen MR) is 77.9 cm³/mol. The molecule has 19 heavy (non-hydrogen) atoms. The van der Waals surface area contributed by atoms with E-state index in [-0.39, 0.29) is 24.7 Å². The number of carbonyl (C=O) groups is 2. The molecule has 0 radical (unpaired) electrons. The van der Waals surface area contributed by atoms with Gasteiger partial charge in [0.2, 0.25) is 11.8 Å². The molecule has 0 bridgehead atoms. The molecule has 2 N–H and O–H groups in total. The van der Waals surface area contributed by atoms with Crippen molar-refractivity contribution in [3.05, 3.63) is 22.4 Å². The molecule has 4 nitrogen and oxygen atoms in total. The zero-order valence-corrected chi connectivity index (χ0v) is 12.4. The quantitative estimate of drug-likeness (QED) is 0.768. The van der Waals surface area contributed by atoms with Gasteiger partial charge >= 0.3 is 0 Å². The number of carbonyl (C=O) groups excluding carboxylic acids is 2. The summed E-state index contributed by atoms with van der Waals surface area (Å²) in [7, 11) is 0. The molecule has 0 saturated carbocycles. The first-order valence-electron chi connectivity index (χ1n) is 6.63. The second-order valence-electron chi connectivity index (χ2n) is 4.89. The molecule has 0 aliphatic rings. The Balaban J connectivity index is 2.07. The van der Waals surface area contributed by atoms with Gasteiger partial charge in [-0.1, -0.05) is 19.9 Å². The summed E-state index contributed by atoms with van der Waals surface area (Å²) in [5.41, 5.74) is 0. The van der Waals surface area contributed by atoms with Crippen molar-refractivity contribution in [1.82, 2.24) is 10.6 Å². The Hall–Kier alpha value is -1.36. The molecule has 5 heteroatoms. The number of hydrogen-bond donors (Lipinski definition) is 2. The van der Waals surface area contributed by atoms with Gasteiger partial charge in [-0.25, -0.2) is 0 Å². The fourth-order valence-electron chi connectivity index (χ4n) is 1.50. The normalized spacial score (nSPS) is 10.5. The smallest absolute Gasteiger partial charge is 0.220 e. The maximum Gasteiger partial charge on any atom is 0.220 e. The second-order valence-corrected chi connectivity index (χ2v) is 5.92. The van der Waals surface area contributed by atoms with E-state index in [2.05, 4.69) is 24.5 Å². The van der Waals surface area contributed by atoms with Gasteiger partial charge in [0, 0.05) is 24.3 Å². The molecule has 106 valence electrons. The molecule has 1 heterocycles. The van der Waals surface area contributed by atoms with E-state index in [1.54, 1.807) is 11.3 Å². The Kier molecular flexibility index (Phi) is 7.18. The van der Waals surface area contributed by atoms with Gasteiger partial charge in [-0.2, -0.15) is 0 Å². The third-order valence-corrected chi connectivity index (χ3v) is 3.54. The highest BCUT2D eigenvalue weighted by Gasteiger charge is 2.06. The summed E-state index contributed by atoms with van der Waals surface area (Å²) in [5, 5.41) is 7.60. The van der Waals surface area contributed by atoms with Crippen LogP contribution in [-0.4, -0.2) is 18.4 Å². The summed E-state index contributed by atoms with van der Waals surface area (Å²) in [6.45, 7) is 5.47. The molecular weight excluding hydrogens is 260 g/mol. The highest BCUT2D eigenvalue weighted by atomic mass is 32.1. The van der Waals surface area contributed by atoms with Crippen molar-refractivity contribution in [3.63, 3.8) is 0 Å². The monoisotopic (exact) mass is 282 g/mol. The second kappa shape index (κ2) is 8.69. The first-order valence-corrected chi connectivity index (χ1v) is 7.51. The Bertz CT molecular complexity index is 388. The Morgan fingerprint density at radius 1 is 1.21 bits per heavy atom. The fourth-order valence-corrected chi connectivity index (χ4v) is 2.15. The molecule has 0 spiro atoms. The predicted octanol–water partition coefficient (Wildman–Crippen LogP) is 2.31. The van der Waals surface area contributed by atoms with Crippen molar-refractivity contribution in [3.8, 4) is 0 Å². The first kappa shape index (κ1) is 15.7. The highest BCUT2D eigenvalue weighted by Crippen LogP contribution is 2.07. The highest BCUT2D eigenvalue weighted by molar-refractivity contribution is 7.09. The van der Waals surface area contributed by atoms with Crippen LogP contribution >= 0.6 is 11.3 Å². The van der Waals surface area contributed by atoms with Crippen molar-refractivity contribution >= 4 is 23.2 Å². The van der Waals surface area contributed by atoms with E-state index in [9.17, 15) is 9.59 Å². The SMILES string of the molecule is CC(C)CCNC(=O)CCC(=O)NCc1cccs1. The summed E-state index contributed by atoms with van der Waals surface area (Å²) in [5.74, 6) is 0.453. The maximum atomic E-state index is 11.5. The standard InChI is InChI=1S/C14H22N2O2S/c1-11(2)7-8-15-13(17)5-6-14(18)16-10-12-4-3-9-19-12/h3-4,9,11H,5-8,10H2,1-2H3,(H,15,17)(H,16,18). The van der Waals surface area contributed by atoms with Crippen LogP contribution in [0.1, 0.15) is 38.0 Å². The van der Waals surface area contributed by atoms with Crippen LogP contribution in [0.4, 0.5) is 0 Å². The summed E-state index contributed by atoms with van der Waals surface area (Å²) >= 11 is 1.61. The Morgan fingerprint density at radius 2 is 1.89 bits per heavy atom. The molecule has 1 rings (SSSR count). The van der Waals surface area contributed by atoms with Crippen LogP contribution in [0.3, 0.4) is 0 Å². The third-order valence-electron chi connectivity index (χ3n) is 2.66. The molecular formula is C14H22N2O2S. The molecule has 0 aliphatic heterocycles. The van der Waals surface area contributed by atoms with E-state index in [1.165, 1.54) is 0 Å². The van der Waals surface area contributed by atoms with Gasteiger partial charge < -0.3 is 10.6 Å². The molecule has 0 atom stereocenters. The molecule has 1 aromatic rings. The zero-order valence-electron chi connectivity index (χ0n) is 11.6. The molecule has 1 aromatic heterocycles. The van der Waals surface area contributed by atoms with Gasteiger partial charge in [-0.05, 0) is 23.8 Å². The Morgan fingerprint density at radius 3 is 2.47 bits per heavy atom. The van der Waals surface area contributed by atoms with Crippen molar-refractivity contribution in [2.24, 2.45) is 5.92 Å². The van der Waals surface area contributed by atoms with E-state index in [1.807, 2.05) is 17.5 Å². The molecule has 0 saturated heterocycles. The summed E-state index contributed by atoms with van der Waals surface area (Å²) in [4.78, 5) is 24.1. The zero-order chi connectivity index (χ0) is 14.1. The minimum absolute atomic E-state index is 0.0491. The largest absolute Gasteiger partial charge is 0.356 e. The number of amides is 2.